The molecule has 4 fully saturated rings. The molecule has 186 valence electrons. The van der Waals surface area contributed by atoms with Gasteiger partial charge in [-0.15, -0.1) is 0 Å². The van der Waals surface area contributed by atoms with Crippen molar-refractivity contribution in [3.05, 3.63) is 60.1 Å². The molecule has 2 aromatic heterocycles. The van der Waals surface area contributed by atoms with E-state index in [1.807, 2.05) is 6.20 Å². The van der Waals surface area contributed by atoms with E-state index < -0.39 is 0 Å². The van der Waals surface area contributed by atoms with Gasteiger partial charge in [-0.05, 0) is 73.6 Å². The van der Waals surface area contributed by atoms with E-state index >= 15 is 0 Å². The van der Waals surface area contributed by atoms with Crippen molar-refractivity contribution in [2.45, 2.75) is 50.5 Å². The molecule has 1 aliphatic heterocycles. The van der Waals surface area contributed by atoms with Crippen molar-refractivity contribution in [1.29, 1.82) is 5.26 Å². The highest BCUT2D eigenvalue weighted by atomic mass is 16.2. The average Bonchev–Trinajstić information content (AvgIpc) is 3.80. The number of carbonyl (C=O) groups is 1. The fourth-order valence-electron chi connectivity index (χ4n) is 5.98. The van der Waals surface area contributed by atoms with Crippen LogP contribution in [0.15, 0.2) is 43.1 Å². The first-order valence-electron chi connectivity index (χ1n) is 13.7. The third-order valence-corrected chi connectivity index (χ3v) is 8.49. The van der Waals surface area contributed by atoms with Gasteiger partial charge in [-0.1, -0.05) is 24.8 Å². The number of piperazine rings is 1. The molecule has 0 N–H and O–H groups in total. The molecule has 1 aromatic carbocycles. The smallest absolute Gasteiger partial charge is 0.226 e. The number of fused-ring (bicyclic) bond motifs is 1. The summed E-state index contributed by atoms with van der Waals surface area (Å²) in [5, 5.41) is 12.4. The molecule has 37 heavy (non-hydrogen) atoms. The summed E-state index contributed by atoms with van der Waals surface area (Å²) < 4.78 is 0. The highest BCUT2D eigenvalue weighted by molar-refractivity contribution is 5.98. The molecule has 3 aliphatic carbocycles. The molecule has 6 heteroatoms. The Balaban J connectivity index is 1.29. The van der Waals surface area contributed by atoms with Crippen LogP contribution in [0.4, 0.5) is 5.82 Å². The molecular formula is C31H31N5O. The number of aromatic nitrogens is 2. The minimum atomic E-state index is 0.238. The van der Waals surface area contributed by atoms with Crippen molar-refractivity contribution in [1.82, 2.24) is 14.9 Å². The van der Waals surface area contributed by atoms with E-state index in [2.05, 4.69) is 57.8 Å². The fraction of sp³-hybridized carbons (Fsp3) is 0.419. The summed E-state index contributed by atoms with van der Waals surface area (Å²) in [4.78, 5) is 27.2. The molecule has 6 nitrogen and oxygen atoms in total. The van der Waals surface area contributed by atoms with E-state index in [4.69, 9.17) is 4.98 Å². The Morgan fingerprint density at radius 3 is 2.62 bits per heavy atom. The van der Waals surface area contributed by atoms with Crippen LogP contribution in [-0.2, 0) is 4.79 Å². The molecular weight excluding hydrogens is 458 g/mol. The van der Waals surface area contributed by atoms with E-state index in [0.717, 1.165) is 84.4 Å². The Morgan fingerprint density at radius 2 is 1.92 bits per heavy atom. The van der Waals surface area contributed by atoms with Crippen molar-refractivity contribution in [2.24, 2.45) is 11.8 Å². The van der Waals surface area contributed by atoms with E-state index in [0.29, 0.717) is 23.3 Å². The van der Waals surface area contributed by atoms with Crippen LogP contribution in [0.25, 0.3) is 28.0 Å². The molecule has 3 heterocycles. The molecule has 0 radical (unpaired) electrons. The molecule has 0 unspecified atom stereocenters. The summed E-state index contributed by atoms with van der Waals surface area (Å²) in [6.45, 7) is 6.12. The maximum Gasteiger partial charge on any atom is 0.226 e. The van der Waals surface area contributed by atoms with Gasteiger partial charge < -0.3 is 9.80 Å². The molecule has 7 rings (SSSR count). The van der Waals surface area contributed by atoms with Crippen LogP contribution in [0.2, 0.25) is 0 Å². The van der Waals surface area contributed by atoms with Crippen LogP contribution in [0, 0.1) is 23.2 Å². The van der Waals surface area contributed by atoms with Crippen molar-refractivity contribution >= 4 is 28.6 Å². The predicted octanol–water partition coefficient (Wildman–Crippen LogP) is 5.53. The summed E-state index contributed by atoms with van der Waals surface area (Å²) in [6.07, 6.45) is 10.4. The summed E-state index contributed by atoms with van der Waals surface area (Å²) >= 11 is 0. The summed E-state index contributed by atoms with van der Waals surface area (Å²) in [5.74, 6) is 2.41. The zero-order chi connectivity index (χ0) is 25.1. The number of anilines is 1. The van der Waals surface area contributed by atoms with Crippen LogP contribution >= 0.6 is 0 Å². The minimum Gasteiger partial charge on any atom is -0.352 e. The highest BCUT2D eigenvalue weighted by Crippen LogP contribution is 2.47. The van der Waals surface area contributed by atoms with Gasteiger partial charge in [-0.3, -0.25) is 9.78 Å². The molecule has 0 bridgehead atoms. The third kappa shape index (κ3) is 4.07. The monoisotopic (exact) mass is 489 g/mol. The van der Waals surface area contributed by atoms with E-state index in [-0.39, 0.29) is 12.0 Å². The van der Waals surface area contributed by atoms with Gasteiger partial charge >= 0.3 is 0 Å². The van der Waals surface area contributed by atoms with Crippen LogP contribution in [-0.4, -0.2) is 46.5 Å². The first kappa shape index (κ1) is 22.5. The number of carbonyl (C=O) groups excluding carboxylic acids is 1. The zero-order valence-corrected chi connectivity index (χ0v) is 21.1. The van der Waals surface area contributed by atoms with Gasteiger partial charge in [0.15, 0.2) is 0 Å². The quantitative estimate of drug-likeness (QED) is 0.455. The molecule has 3 aromatic rings. The molecule has 3 saturated carbocycles. The predicted molar refractivity (Wildman–Crippen MR) is 145 cm³/mol. The zero-order valence-electron chi connectivity index (χ0n) is 21.1. The number of nitriles is 1. The number of rotatable bonds is 6. The van der Waals surface area contributed by atoms with Crippen LogP contribution in [0.1, 0.15) is 61.4 Å². The molecule has 1 saturated heterocycles. The second-order valence-corrected chi connectivity index (χ2v) is 11.2. The lowest BCUT2D eigenvalue weighted by molar-refractivity contribution is -0.135. The Bertz CT molecular complexity index is 1460. The van der Waals surface area contributed by atoms with Crippen LogP contribution in [0.3, 0.4) is 0 Å². The number of benzene rings is 1. The van der Waals surface area contributed by atoms with Crippen LogP contribution in [0.5, 0.6) is 0 Å². The lowest BCUT2D eigenvalue weighted by Gasteiger charge is -2.43. The summed E-state index contributed by atoms with van der Waals surface area (Å²) in [7, 11) is 0. The van der Waals surface area contributed by atoms with Gasteiger partial charge in [0.05, 0.1) is 23.0 Å². The van der Waals surface area contributed by atoms with Crippen LogP contribution < -0.4 is 4.90 Å². The van der Waals surface area contributed by atoms with E-state index in [9.17, 15) is 10.1 Å². The average molecular weight is 490 g/mol. The Morgan fingerprint density at radius 1 is 1.08 bits per heavy atom. The fourth-order valence-corrected chi connectivity index (χ4v) is 5.98. The van der Waals surface area contributed by atoms with Crippen molar-refractivity contribution in [2.75, 3.05) is 24.5 Å². The number of hydrogen-bond acceptors (Lipinski definition) is 5. The van der Waals surface area contributed by atoms with Crippen molar-refractivity contribution in [3.63, 3.8) is 0 Å². The first-order chi connectivity index (χ1) is 18.1. The second kappa shape index (κ2) is 8.69. The Kier molecular flexibility index (Phi) is 5.28. The summed E-state index contributed by atoms with van der Waals surface area (Å²) in [5.41, 5.74) is 4.69. The van der Waals surface area contributed by atoms with Gasteiger partial charge in [-0.2, -0.15) is 5.26 Å². The standard InChI is InChI=1S/C31H31N5O/c1-2-24-15-26-22(17-33-24)4-3-5-25(26)27-14-23(16-32)30(34-29(27)20-8-9-20)35-12-13-36(31(37)21-10-11-21)28(18-35)19-6-7-19/h2-5,14-15,17,19-21,28H,1,6-13,18H2/t28-/m0/s1. The molecule has 0 spiro atoms. The van der Waals surface area contributed by atoms with Gasteiger partial charge in [0.25, 0.3) is 0 Å². The number of pyridine rings is 2. The maximum absolute atomic E-state index is 13.0. The van der Waals surface area contributed by atoms with Crippen molar-refractivity contribution < 1.29 is 4.79 Å². The normalized spacial score (nSPS) is 21.6. The number of hydrogen-bond donors (Lipinski definition) is 0. The summed E-state index contributed by atoms with van der Waals surface area (Å²) in [6, 6.07) is 13.1. The third-order valence-electron chi connectivity index (χ3n) is 8.49. The SMILES string of the molecule is C=Cc1cc2c(-c3cc(C#N)c(N4CCN(C(=O)C5CC5)[C@H](C5CC5)C4)nc3C3CC3)cccc2cn1. The van der Waals surface area contributed by atoms with Gasteiger partial charge in [-0.25, -0.2) is 4.98 Å². The number of nitrogens with zero attached hydrogens (tertiary/aromatic N) is 5. The van der Waals surface area contributed by atoms with E-state index in [1.165, 1.54) is 12.8 Å². The number of amides is 1. The Labute approximate surface area is 217 Å². The second-order valence-electron chi connectivity index (χ2n) is 11.2. The molecule has 4 aliphatic rings. The minimum absolute atomic E-state index is 0.238. The maximum atomic E-state index is 13.0. The lowest BCUT2D eigenvalue weighted by atomic mass is 9.94. The van der Waals surface area contributed by atoms with E-state index in [1.54, 1.807) is 6.08 Å². The molecule has 1 amide bonds. The van der Waals surface area contributed by atoms with Gasteiger partial charge in [0.2, 0.25) is 5.91 Å². The van der Waals surface area contributed by atoms with Gasteiger partial charge in [0.1, 0.15) is 11.9 Å². The first-order valence-corrected chi connectivity index (χ1v) is 13.7. The highest BCUT2D eigenvalue weighted by Gasteiger charge is 2.45. The Hall–Kier alpha value is -3.72. The lowest BCUT2D eigenvalue weighted by Crippen LogP contribution is -2.57. The van der Waals surface area contributed by atoms with Gasteiger partial charge in [0, 0.05) is 48.6 Å². The molecule has 1 atom stereocenters. The largest absolute Gasteiger partial charge is 0.352 e. The topological polar surface area (TPSA) is 73.1 Å². The van der Waals surface area contributed by atoms with Crippen molar-refractivity contribution in [3.8, 4) is 17.2 Å².